The van der Waals surface area contributed by atoms with Crippen molar-refractivity contribution in [1.29, 1.82) is 0 Å². The van der Waals surface area contributed by atoms with Gasteiger partial charge in [-0.15, -0.1) is 0 Å². The maximum atomic E-state index is 11.1. The molecule has 0 aliphatic heterocycles. The van der Waals surface area contributed by atoms with E-state index in [9.17, 15) is 4.79 Å². The van der Waals surface area contributed by atoms with Crippen molar-refractivity contribution in [3.63, 3.8) is 0 Å². The van der Waals surface area contributed by atoms with Gasteiger partial charge in [0.1, 0.15) is 17.8 Å². The molecule has 0 spiro atoms. The summed E-state index contributed by atoms with van der Waals surface area (Å²) < 4.78 is 6.10. The Balaban J connectivity index is 1.67. The topological polar surface area (TPSA) is 38.3 Å². The summed E-state index contributed by atoms with van der Waals surface area (Å²) in [6, 6.07) is 30.9. The van der Waals surface area contributed by atoms with Gasteiger partial charge in [-0.25, -0.2) is 0 Å². The summed E-state index contributed by atoms with van der Waals surface area (Å²) in [7, 11) is 0. The minimum absolute atomic E-state index is 0.103. The van der Waals surface area contributed by atoms with Crippen molar-refractivity contribution in [2.75, 3.05) is 0 Å². The fraction of sp³-hybridized carbons (Fsp3) is 0.219. The molecule has 3 nitrogen and oxygen atoms in total. The van der Waals surface area contributed by atoms with Crippen LogP contribution in [0.5, 0.6) is 11.5 Å². The number of carbonyl (C=O) groups is 1. The van der Waals surface area contributed by atoms with Crippen molar-refractivity contribution < 1.29 is 9.53 Å². The van der Waals surface area contributed by atoms with Gasteiger partial charge in [0.2, 0.25) is 0 Å². The molecule has 0 aliphatic carbocycles. The quantitative estimate of drug-likeness (QED) is 0.228. The summed E-state index contributed by atoms with van der Waals surface area (Å²) in [4.78, 5) is 11.1. The molecule has 0 bridgehead atoms. The molecule has 1 unspecified atom stereocenters. The number of nitrogens with one attached hydrogen (secondary N) is 1. The zero-order chi connectivity index (χ0) is 24.6. The van der Waals surface area contributed by atoms with E-state index < -0.39 is 0 Å². The first-order valence-electron chi connectivity index (χ1n) is 12.3. The van der Waals surface area contributed by atoms with Gasteiger partial charge in [0, 0.05) is 17.7 Å². The SMILES string of the molecule is C=C(NC(CC(C)C)c1cccc2ccccc12)c1cc(Oc2ccccc2)ccc1CCC=O. The minimum Gasteiger partial charge on any atom is -0.457 e. The predicted octanol–water partition coefficient (Wildman–Crippen LogP) is 8.11. The van der Waals surface area contributed by atoms with E-state index in [1.807, 2.05) is 48.5 Å². The molecule has 0 saturated heterocycles. The van der Waals surface area contributed by atoms with Crippen molar-refractivity contribution in [1.82, 2.24) is 5.32 Å². The summed E-state index contributed by atoms with van der Waals surface area (Å²) in [5.41, 5.74) is 4.16. The van der Waals surface area contributed by atoms with E-state index in [-0.39, 0.29) is 6.04 Å². The number of fused-ring (bicyclic) bond motifs is 1. The van der Waals surface area contributed by atoms with Gasteiger partial charge >= 0.3 is 0 Å². The van der Waals surface area contributed by atoms with Crippen LogP contribution in [-0.2, 0) is 11.2 Å². The number of hydrogen-bond acceptors (Lipinski definition) is 3. The number of rotatable bonds is 11. The summed E-state index contributed by atoms with van der Waals surface area (Å²) in [6.45, 7) is 8.92. The smallest absolute Gasteiger partial charge is 0.128 e. The van der Waals surface area contributed by atoms with Gasteiger partial charge in [0.15, 0.2) is 0 Å². The highest BCUT2D eigenvalue weighted by Crippen LogP contribution is 2.33. The second kappa shape index (κ2) is 11.5. The fourth-order valence-electron chi connectivity index (χ4n) is 4.53. The van der Waals surface area contributed by atoms with Crippen LogP contribution >= 0.6 is 0 Å². The average Bonchev–Trinajstić information content (AvgIpc) is 2.87. The van der Waals surface area contributed by atoms with Crippen molar-refractivity contribution in [3.05, 3.63) is 114 Å². The highest BCUT2D eigenvalue weighted by atomic mass is 16.5. The molecule has 0 fully saturated rings. The van der Waals surface area contributed by atoms with E-state index in [0.29, 0.717) is 18.8 Å². The Morgan fingerprint density at radius 1 is 0.914 bits per heavy atom. The zero-order valence-corrected chi connectivity index (χ0v) is 20.5. The number of benzene rings is 4. The van der Waals surface area contributed by atoms with Crippen LogP contribution in [0.1, 0.15) is 49.4 Å². The van der Waals surface area contributed by atoms with Crippen molar-refractivity contribution in [2.45, 2.75) is 39.2 Å². The van der Waals surface area contributed by atoms with E-state index in [1.54, 1.807) is 0 Å². The largest absolute Gasteiger partial charge is 0.457 e. The summed E-state index contributed by atoms with van der Waals surface area (Å²) in [5, 5.41) is 6.23. The lowest BCUT2D eigenvalue weighted by Gasteiger charge is -2.26. The monoisotopic (exact) mass is 463 g/mol. The first-order chi connectivity index (χ1) is 17.0. The molecule has 0 saturated carbocycles. The first kappa shape index (κ1) is 24.3. The number of ether oxygens (including phenoxy) is 1. The van der Waals surface area contributed by atoms with Crippen LogP contribution in [0.3, 0.4) is 0 Å². The normalized spacial score (nSPS) is 11.9. The van der Waals surface area contributed by atoms with Gasteiger partial charge in [0.05, 0.1) is 6.04 Å². The van der Waals surface area contributed by atoms with Crippen LogP contribution in [0.2, 0.25) is 0 Å². The van der Waals surface area contributed by atoms with Crippen LogP contribution in [0.15, 0.2) is 97.6 Å². The molecule has 4 rings (SSSR count). The van der Waals surface area contributed by atoms with Crippen LogP contribution in [0.25, 0.3) is 16.5 Å². The molecule has 1 N–H and O–H groups in total. The standard InChI is InChI=1S/C32H33NO2/c1-23(2)21-32(30-17-9-12-25-11-7-8-16-29(25)30)33-24(3)31-22-28(19-18-26(31)13-10-20-34)35-27-14-5-4-6-15-27/h4-9,11-12,14-20,22-23,32-33H,3,10,13,21H2,1-2H3. The molecule has 4 aromatic carbocycles. The van der Waals surface area contributed by atoms with Crippen molar-refractivity contribution in [2.24, 2.45) is 5.92 Å². The minimum atomic E-state index is 0.103. The zero-order valence-electron chi connectivity index (χ0n) is 20.5. The van der Waals surface area contributed by atoms with Gasteiger partial charge in [-0.05, 0) is 64.9 Å². The van der Waals surface area contributed by atoms with E-state index in [1.165, 1.54) is 16.3 Å². The fourth-order valence-corrected chi connectivity index (χ4v) is 4.53. The van der Waals surface area contributed by atoms with Gasteiger partial charge < -0.3 is 14.8 Å². The average molecular weight is 464 g/mol. The lowest BCUT2D eigenvalue weighted by Crippen LogP contribution is -2.22. The van der Waals surface area contributed by atoms with Crippen LogP contribution in [0.4, 0.5) is 0 Å². The highest BCUT2D eigenvalue weighted by molar-refractivity contribution is 5.86. The molecular formula is C32H33NO2. The lowest BCUT2D eigenvalue weighted by molar-refractivity contribution is -0.107. The van der Waals surface area contributed by atoms with E-state index >= 15 is 0 Å². The Bertz CT molecular complexity index is 1290. The Morgan fingerprint density at radius 3 is 2.43 bits per heavy atom. The van der Waals surface area contributed by atoms with Crippen LogP contribution in [-0.4, -0.2) is 6.29 Å². The van der Waals surface area contributed by atoms with Crippen LogP contribution < -0.4 is 10.1 Å². The molecule has 1 atom stereocenters. The Labute approximate surface area is 208 Å². The molecular weight excluding hydrogens is 430 g/mol. The van der Waals surface area contributed by atoms with Gasteiger partial charge in [-0.1, -0.05) is 87.2 Å². The number of aldehydes is 1. The van der Waals surface area contributed by atoms with Gasteiger partial charge in [-0.3, -0.25) is 0 Å². The molecule has 0 heterocycles. The third kappa shape index (κ3) is 6.19. The van der Waals surface area contributed by atoms with Crippen molar-refractivity contribution in [3.8, 4) is 11.5 Å². The Hall–Kier alpha value is -3.85. The molecule has 0 aromatic heterocycles. The molecule has 0 amide bonds. The maximum absolute atomic E-state index is 11.1. The first-order valence-corrected chi connectivity index (χ1v) is 12.3. The van der Waals surface area contributed by atoms with E-state index in [0.717, 1.165) is 41.0 Å². The van der Waals surface area contributed by atoms with Gasteiger partial charge in [-0.2, -0.15) is 0 Å². The maximum Gasteiger partial charge on any atom is 0.128 e. The van der Waals surface area contributed by atoms with Crippen molar-refractivity contribution >= 4 is 22.8 Å². The number of carbonyl (C=O) groups excluding carboxylic acids is 1. The molecule has 0 radical (unpaired) electrons. The summed E-state index contributed by atoms with van der Waals surface area (Å²) in [5.74, 6) is 2.03. The highest BCUT2D eigenvalue weighted by Gasteiger charge is 2.18. The Morgan fingerprint density at radius 2 is 1.66 bits per heavy atom. The lowest BCUT2D eigenvalue weighted by atomic mass is 9.91. The molecule has 0 aliphatic rings. The second-order valence-electron chi connectivity index (χ2n) is 9.31. The summed E-state index contributed by atoms with van der Waals surface area (Å²) >= 11 is 0. The Kier molecular flexibility index (Phi) is 7.99. The number of hydrogen-bond donors (Lipinski definition) is 1. The van der Waals surface area contributed by atoms with Gasteiger partial charge in [0.25, 0.3) is 0 Å². The molecule has 4 aromatic rings. The summed E-state index contributed by atoms with van der Waals surface area (Å²) in [6.07, 6.45) is 3.06. The molecule has 35 heavy (non-hydrogen) atoms. The third-order valence-corrected chi connectivity index (χ3v) is 6.17. The second-order valence-corrected chi connectivity index (χ2v) is 9.31. The van der Waals surface area contributed by atoms with E-state index in [2.05, 4.69) is 68.2 Å². The van der Waals surface area contributed by atoms with E-state index in [4.69, 9.17) is 4.74 Å². The number of aryl methyl sites for hydroxylation is 1. The third-order valence-electron chi connectivity index (χ3n) is 6.17. The molecule has 178 valence electrons. The molecule has 3 heteroatoms. The number of para-hydroxylation sites is 1. The van der Waals surface area contributed by atoms with Crippen LogP contribution in [0, 0.1) is 5.92 Å². The predicted molar refractivity (Wildman–Crippen MR) is 146 cm³/mol.